The average Bonchev–Trinajstić information content (AvgIpc) is 3.17. The summed E-state index contributed by atoms with van der Waals surface area (Å²) in [6.07, 6.45) is 2.29. The van der Waals surface area contributed by atoms with Gasteiger partial charge in [-0.2, -0.15) is 0 Å². The van der Waals surface area contributed by atoms with Crippen LogP contribution < -0.4 is 16.4 Å². The van der Waals surface area contributed by atoms with Crippen LogP contribution in [0, 0.1) is 0 Å². The monoisotopic (exact) mass is 286 g/mol. The highest BCUT2D eigenvalue weighted by atomic mass is 16.4. The summed E-state index contributed by atoms with van der Waals surface area (Å²) >= 11 is 0. The van der Waals surface area contributed by atoms with Gasteiger partial charge in [0.1, 0.15) is 6.04 Å². The van der Waals surface area contributed by atoms with Gasteiger partial charge in [-0.3, -0.25) is 4.79 Å². The van der Waals surface area contributed by atoms with Crippen molar-refractivity contribution in [1.82, 2.24) is 15.5 Å². The van der Waals surface area contributed by atoms with E-state index in [9.17, 15) is 14.4 Å². The smallest absolute Gasteiger partial charge is 0.326 e. The largest absolute Gasteiger partial charge is 0.480 e. The highest BCUT2D eigenvalue weighted by Crippen LogP contribution is 2.24. The van der Waals surface area contributed by atoms with Crippen molar-refractivity contribution in [3.05, 3.63) is 0 Å². The van der Waals surface area contributed by atoms with Crippen LogP contribution in [-0.4, -0.2) is 60.1 Å². The molecule has 0 bridgehead atoms. The third-order valence-corrected chi connectivity index (χ3v) is 3.20. The Morgan fingerprint density at radius 2 is 2.05 bits per heavy atom. The highest BCUT2D eigenvalue weighted by Gasteiger charge is 2.25. The zero-order valence-electron chi connectivity index (χ0n) is 11.6. The lowest BCUT2D eigenvalue weighted by Crippen LogP contribution is -2.47. The number of hydrogen-bond acceptors (Lipinski definition) is 4. The fourth-order valence-electron chi connectivity index (χ4n) is 1.80. The van der Waals surface area contributed by atoms with Crippen molar-refractivity contribution in [2.45, 2.75) is 37.8 Å². The van der Waals surface area contributed by atoms with Gasteiger partial charge in [0.25, 0.3) is 0 Å². The molecule has 0 spiro atoms. The molecule has 5 N–H and O–H groups in total. The summed E-state index contributed by atoms with van der Waals surface area (Å²) in [7, 11) is 1.99. The van der Waals surface area contributed by atoms with E-state index in [1.54, 1.807) is 0 Å². The van der Waals surface area contributed by atoms with Crippen molar-refractivity contribution < 1.29 is 19.5 Å². The van der Waals surface area contributed by atoms with Crippen molar-refractivity contribution >= 4 is 17.9 Å². The molecule has 1 unspecified atom stereocenters. The summed E-state index contributed by atoms with van der Waals surface area (Å²) < 4.78 is 0. The fraction of sp³-hybridized carbons (Fsp3) is 0.750. The number of amides is 3. The molecule has 0 aliphatic heterocycles. The number of carbonyl (C=O) groups is 3. The molecule has 1 aliphatic rings. The number of carbonyl (C=O) groups excluding carboxylic acids is 2. The number of aliphatic carboxylic acids is 1. The second-order valence-electron chi connectivity index (χ2n) is 5.01. The molecule has 1 aliphatic carbocycles. The zero-order valence-corrected chi connectivity index (χ0v) is 11.6. The predicted octanol–water partition coefficient (Wildman–Crippen LogP) is -0.901. The first kappa shape index (κ1) is 16.2. The maximum Gasteiger partial charge on any atom is 0.326 e. The van der Waals surface area contributed by atoms with Crippen LogP contribution in [0.4, 0.5) is 4.79 Å². The average molecular weight is 286 g/mol. The van der Waals surface area contributed by atoms with Crippen molar-refractivity contribution in [3.63, 3.8) is 0 Å². The molecule has 1 saturated carbocycles. The van der Waals surface area contributed by atoms with Crippen LogP contribution in [0.3, 0.4) is 0 Å². The number of nitrogens with one attached hydrogen (secondary N) is 2. The normalized spacial score (nSPS) is 15.7. The lowest BCUT2D eigenvalue weighted by molar-refractivity contribution is -0.139. The van der Waals surface area contributed by atoms with Gasteiger partial charge >= 0.3 is 12.0 Å². The second-order valence-corrected chi connectivity index (χ2v) is 5.01. The maximum absolute atomic E-state index is 11.5. The number of nitrogens with zero attached hydrogens (tertiary/aromatic N) is 1. The molecule has 0 aromatic heterocycles. The first-order valence-corrected chi connectivity index (χ1v) is 6.66. The van der Waals surface area contributed by atoms with E-state index in [2.05, 4.69) is 15.5 Å². The Hall–Kier alpha value is -1.83. The van der Waals surface area contributed by atoms with E-state index in [1.165, 1.54) is 12.8 Å². The molecule has 8 heteroatoms. The van der Waals surface area contributed by atoms with Crippen molar-refractivity contribution in [2.24, 2.45) is 5.73 Å². The van der Waals surface area contributed by atoms with Gasteiger partial charge in [0, 0.05) is 25.6 Å². The van der Waals surface area contributed by atoms with Crippen LogP contribution in [0.15, 0.2) is 0 Å². The standard InChI is InChI=1S/C12H22N4O4/c1-16(8-2-3-8)7-6-14-12(20)15-9(11(18)19)4-5-10(13)17/h8-9H,2-7H2,1H3,(H2,13,17)(H,18,19)(H2,14,15,20). The Bertz CT molecular complexity index is 370. The Morgan fingerprint density at radius 3 is 2.55 bits per heavy atom. The van der Waals surface area contributed by atoms with E-state index >= 15 is 0 Å². The molecule has 1 atom stereocenters. The third kappa shape index (κ3) is 6.37. The lowest BCUT2D eigenvalue weighted by atomic mass is 10.1. The number of urea groups is 1. The Labute approximate surface area is 117 Å². The van der Waals surface area contributed by atoms with Crippen LogP contribution >= 0.6 is 0 Å². The minimum atomic E-state index is -1.18. The number of likely N-dealkylation sites (N-methyl/N-ethyl adjacent to an activating group) is 1. The summed E-state index contributed by atoms with van der Waals surface area (Å²) in [5.74, 6) is -1.78. The molecule has 0 aromatic rings. The molecule has 20 heavy (non-hydrogen) atoms. The Morgan fingerprint density at radius 1 is 1.40 bits per heavy atom. The molecule has 0 heterocycles. The number of carboxylic acid groups (broad SMARTS) is 1. The lowest BCUT2D eigenvalue weighted by Gasteiger charge is -2.17. The quantitative estimate of drug-likeness (QED) is 0.437. The second kappa shape index (κ2) is 7.68. The fourth-order valence-corrected chi connectivity index (χ4v) is 1.80. The molecule has 8 nitrogen and oxygen atoms in total. The van der Waals surface area contributed by atoms with E-state index in [0.29, 0.717) is 12.6 Å². The maximum atomic E-state index is 11.5. The molecule has 0 radical (unpaired) electrons. The highest BCUT2D eigenvalue weighted by molar-refractivity contribution is 5.83. The number of nitrogens with two attached hydrogens (primary N) is 1. The molecule has 0 saturated heterocycles. The Kier molecular flexibility index (Phi) is 6.23. The number of primary amides is 1. The zero-order chi connectivity index (χ0) is 15.1. The first-order chi connectivity index (χ1) is 9.40. The van der Waals surface area contributed by atoms with Gasteiger partial charge in [0.05, 0.1) is 0 Å². The summed E-state index contributed by atoms with van der Waals surface area (Å²) in [4.78, 5) is 35.3. The van der Waals surface area contributed by atoms with Crippen LogP contribution in [0.5, 0.6) is 0 Å². The minimum absolute atomic E-state index is 0.0138. The van der Waals surface area contributed by atoms with E-state index in [1.807, 2.05) is 7.05 Å². The van der Waals surface area contributed by atoms with Gasteiger partial charge in [-0.15, -0.1) is 0 Å². The molecule has 0 aromatic carbocycles. The number of hydrogen-bond donors (Lipinski definition) is 4. The van der Waals surface area contributed by atoms with Gasteiger partial charge in [0.15, 0.2) is 0 Å². The van der Waals surface area contributed by atoms with Gasteiger partial charge < -0.3 is 26.4 Å². The number of carboxylic acids is 1. The van der Waals surface area contributed by atoms with E-state index in [-0.39, 0.29) is 12.8 Å². The van der Waals surface area contributed by atoms with Gasteiger partial charge in [-0.05, 0) is 26.3 Å². The minimum Gasteiger partial charge on any atom is -0.480 e. The van der Waals surface area contributed by atoms with Gasteiger partial charge in [0.2, 0.25) is 5.91 Å². The van der Waals surface area contributed by atoms with Gasteiger partial charge in [-0.25, -0.2) is 9.59 Å². The van der Waals surface area contributed by atoms with Crippen LogP contribution in [0.25, 0.3) is 0 Å². The first-order valence-electron chi connectivity index (χ1n) is 6.66. The molecule has 3 amide bonds. The molecule has 1 fully saturated rings. The van der Waals surface area contributed by atoms with Crippen LogP contribution in [-0.2, 0) is 9.59 Å². The SMILES string of the molecule is CN(CCNC(=O)NC(CCC(N)=O)C(=O)O)C1CC1. The Balaban J connectivity index is 2.22. The molecular formula is C12H22N4O4. The molecule has 1 rings (SSSR count). The summed E-state index contributed by atoms with van der Waals surface area (Å²) in [5, 5.41) is 13.8. The summed E-state index contributed by atoms with van der Waals surface area (Å²) in [5.41, 5.74) is 4.95. The third-order valence-electron chi connectivity index (χ3n) is 3.20. The van der Waals surface area contributed by atoms with Crippen LogP contribution in [0.1, 0.15) is 25.7 Å². The molecule has 114 valence electrons. The van der Waals surface area contributed by atoms with Crippen molar-refractivity contribution in [2.75, 3.05) is 20.1 Å². The van der Waals surface area contributed by atoms with Gasteiger partial charge in [-0.1, -0.05) is 0 Å². The van der Waals surface area contributed by atoms with Crippen LogP contribution in [0.2, 0.25) is 0 Å². The molecular weight excluding hydrogens is 264 g/mol. The van der Waals surface area contributed by atoms with Crippen molar-refractivity contribution in [3.8, 4) is 0 Å². The van der Waals surface area contributed by atoms with E-state index in [0.717, 1.165) is 6.54 Å². The van der Waals surface area contributed by atoms with Crippen molar-refractivity contribution in [1.29, 1.82) is 0 Å². The van der Waals surface area contributed by atoms with E-state index in [4.69, 9.17) is 10.8 Å². The van der Waals surface area contributed by atoms with E-state index < -0.39 is 23.9 Å². The topological polar surface area (TPSA) is 125 Å². The summed E-state index contributed by atoms with van der Waals surface area (Å²) in [6, 6.07) is -1.04. The number of rotatable bonds is 9. The summed E-state index contributed by atoms with van der Waals surface area (Å²) in [6.45, 7) is 1.16. The predicted molar refractivity (Wildman–Crippen MR) is 72.0 cm³/mol.